The molecule has 0 heterocycles. The van der Waals surface area contributed by atoms with Crippen LogP contribution in [0, 0.1) is 0 Å². The molecule has 0 saturated heterocycles. The molecule has 0 aliphatic heterocycles. The fourth-order valence-corrected chi connectivity index (χ4v) is 1.07. The molecule has 0 spiro atoms. The van der Waals surface area contributed by atoms with E-state index in [-0.39, 0.29) is 12.1 Å². The number of imide groups is 1. The molecule has 17 heavy (non-hydrogen) atoms. The lowest BCUT2D eigenvalue weighted by molar-refractivity contribution is -0.127. The molecule has 0 aromatic heterocycles. The van der Waals surface area contributed by atoms with E-state index in [9.17, 15) is 9.59 Å². The van der Waals surface area contributed by atoms with Crippen LogP contribution in [0.15, 0.2) is 29.4 Å². The Morgan fingerprint density at radius 2 is 1.94 bits per heavy atom. The summed E-state index contributed by atoms with van der Waals surface area (Å²) < 4.78 is 0. The lowest BCUT2D eigenvalue weighted by Crippen LogP contribution is -2.45. The molecule has 8 nitrogen and oxygen atoms in total. The van der Waals surface area contributed by atoms with E-state index < -0.39 is 11.8 Å². The molecule has 1 aromatic carbocycles. The van der Waals surface area contributed by atoms with Gasteiger partial charge >= 0.3 is 0 Å². The fraction of sp³-hybridized carbons (Fsp3) is 0.111. The van der Waals surface area contributed by atoms with Crippen molar-refractivity contribution in [1.29, 1.82) is 0 Å². The van der Waals surface area contributed by atoms with Gasteiger partial charge in [-0.3, -0.25) is 9.59 Å². The number of azide groups is 1. The first kappa shape index (κ1) is 12.7. The Balaban J connectivity index is 2.90. The number of nitrogens with two attached hydrogens (primary N) is 2. The van der Waals surface area contributed by atoms with Crippen molar-refractivity contribution in [2.24, 2.45) is 16.7 Å². The molecular formula is C9H10N6O2. The summed E-state index contributed by atoms with van der Waals surface area (Å²) in [6.07, 6.45) is 0. The van der Waals surface area contributed by atoms with E-state index in [4.69, 9.17) is 17.1 Å². The minimum absolute atomic E-state index is 0.200. The molecule has 1 aromatic rings. The van der Waals surface area contributed by atoms with Crippen LogP contribution in [0.3, 0.4) is 0 Å². The first-order chi connectivity index (χ1) is 8.10. The van der Waals surface area contributed by atoms with E-state index in [1.807, 2.05) is 0 Å². The average Bonchev–Trinajstić information content (AvgIpc) is 2.37. The number of hydrazine groups is 1. The summed E-state index contributed by atoms with van der Waals surface area (Å²) >= 11 is 0. The second-order valence-corrected chi connectivity index (χ2v) is 3.01. The van der Waals surface area contributed by atoms with Gasteiger partial charge in [0.2, 0.25) is 0 Å². The third-order valence-electron chi connectivity index (χ3n) is 1.94. The SMILES string of the molecule is [N-]=[N+]=Nc1ccc(C(=O)N(N)C(=O)CN)cc1. The molecule has 0 radical (unpaired) electrons. The minimum Gasteiger partial charge on any atom is -0.322 e. The van der Waals surface area contributed by atoms with Gasteiger partial charge in [-0.25, -0.2) is 10.9 Å². The summed E-state index contributed by atoms with van der Waals surface area (Å²) in [4.78, 5) is 25.3. The molecular weight excluding hydrogens is 224 g/mol. The number of rotatable bonds is 3. The predicted molar refractivity (Wildman–Crippen MR) is 59.7 cm³/mol. The quantitative estimate of drug-likeness (QED) is 0.195. The highest BCUT2D eigenvalue weighted by Gasteiger charge is 2.17. The van der Waals surface area contributed by atoms with E-state index in [1.165, 1.54) is 24.3 Å². The number of benzene rings is 1. The Labute approximate surface area is 96.4 Å². The van der Waals surface area contributed by atoms with Crippen molar-refractivity contribution in [2.45, 2.75) is 0 Å². The van der Waals surface area contributed by atoms with Gasteiger partial charge < -0.3 is 5.73 Å². The van der Waals surface area contributed by atoms with Crippen molar-refractivity contribution in [1.82, 2.24) is 5.01 Å². The second-order valence-electron chi connectivity index (χ2n) is 3.01. The minimum atomic E-state index is -0.686. The summed E-state index contributed by atoms with van der Waals surface area (Å²) in [7, 11) is 0. The Bertz CT molecular complexity index is 477. The molecule has 0 aliphatic carbocycles. The van der Waals surface area contributed by atoms with Crippen molar-refractivity contribution in [3.05, 3.63) is 40.3 Å². The monoisotopic (exact) mass is 234 g/mol. The van der Waals surface area contributed by atoms with Gasteiger partial charge in [0.05, 0.1) is 6.54 Å². The van der Waals surface area contributed by atoms with Crippen LogP contribution in [0.2, 0.25) is 0 Å². The normalized spacial score (nSPS) is 9.29. The summed E-state index contributed by atoms with van der Waals surface area (Å²) in [5.41, 5.74) is 13.8. The molecule has 0 fully saturated rings. The number of carbonyl (C=O) groups is 2. The number of amides is 2. The predicted octanol–water partition coefficient (Wildman–Crippen LogP) is 0.430. The zero-order chi connectivity index (χ0) is 12.8. The van der Waals surface area contributed by atoms with E-state index in [0.29, 0.717) is 10.7 Å². The molecule has 2 amide bonds. The summed E-state index contributed by atoms with van der Waals surface area (Å²) in [5, 5.41) is 3.79. The van der Waals surface area contributed by atoms with Gasteiger partial charge in [-0.2, -0.15) is 0 Å². The first-order valence-electron chi connectivity index (χ1n) is 4.57. The van der Waals surface area contributed by atoms with Crippen molar-refractivity contribution in [2.75, 3.05) is 6.54 Å². The van der Waals surface area contributed by atoms with Gasteiger partial charge in [0.1, 0.15) is 0 Å². The van der Waals surface area contributed by atoms with Gasteiger partial charge in [0.25, 0.3) is 11.8 Å². The number of carbonyl (C=O) groups excluding carboxylic acids is 2. The highest BCUT2D eigenvalue weighted by Crippen LogP contribution is 2.13. The van der Waals surface area contributed by atoms with Crippen LogP contribution in [0.1, 0.15) is 10.4 Å². The van der Waals surface area contributed by atoms with Crippen molar-refractivity contribution in [3.63, 3.8) is 0 Å². The van der Waals surface area contributed by atoms with E-state index in [0.717, 1.165) is 0 Å². The molecule has 0 unspecified atom stereocenters. The van der Waals surface area contributed by atoms with Crippen LogP contribution in [-0.2, 0) is 4.79 Å². The second kappa shape index (κ2) is 5.61. The van der Waals surface area contributed by atoms with Crippen LogP contribution in [0.4, 0.5) is 5.69 Å². The van der Waals surface area contributed by atoms with E-state index >= 15 is 0 Å². The Hall–Kier alpha value is -2.41. The maximum atomic E-state index is 11.6. The first-order valence-corrected chi connectivity index (χ1v) is 4.57. The smallest absolute Gasteiger partial charge is 0.274 e. The lowest BCUT2D eigenvalue weighted by atomic mass is 10.2. The molecule has 88 valence electrons. The van der Waals surface area contributed by atoms with Crippen LogP contribution in [0.5, 0.6) is 0 Å². The van der Waals surface area contributed by atoms with Gasteiger partial charge in [-0.1, -0.05) is 17.2 Å². The van der Waals surface area contributed by atoms with Crippen LogP contribution >= 0.6 is 0 Å². The Morgan fingerprint density at radius 1 is 1.35 bits per heavy atom. The molecule has 0 bridgehead atoms. The van der Waals surface area contributed by atoms with Crippen LogP contribution < -0.4 is 11.6 Å². The lowest BCUT2D eigenvalue weighted by Gasteiger charge is -2.13. The van der Waals surface area contributed by atoms with Gasteiger partial charge in [-0.15, -0.1) is 0 Å². The molecule has 0 aliphatic rings. The van der Waals surface area contributed by atoms with Crippen LogP contribution in [-0.4, -0.2) is 23.4 Å². The van der Waals surface area contributed by atoms with Gasteiger partial charge in [-0.05, 0) is 17.7 Å². The maximum Gasteiger partial charge on any atom is 0.274 e. The van der Waals surface area contributed by atoms with Crippen LogP contribution in [0.25, 0.3) is 10.4 Å². The largest absolute Gasteiger partial charge is 0.322 e. The number of hydrogen-bond donors (Lipinski definition) is 2. The standard InChI is InChI=1S/C9H10N6O2/c10-5-8(16)15(12)9(17)6-1-3-7(4-2-6)13-14-11/h1-4H,5,10,12H2. The zero-order valence-electron chi connectivity index (χ0n) is 8.78. The average molecular weight is 234 g/mol. The molecule has 0 saturated carbocycles. The van der Waals surface area contributed by atoms with Crippen molar-refractivity contribution < 1.29 is 9.59 Å². The number of nitrogens with zero attached hydrogens (tertiary/aromatic N) is 4. The summed E-state index contributed by atoms with van der Waals surface area (Å²) in [5.74, 6) is 3.91. The third kappa shape index (κ3) is 3.02. The van der Waals surface area contributed by atoms with Crippen molar-refractivity contribution >= 4 is 17.5 Å². The van der Waals surface area contributed by atoms with E-state index in [2.05, 4.69) is 10.0 Å². The number of hydrogen-bond acceptors (Lipinski definition) is 5. The van der Waals surface area contributed by atoms with Crippen molar-refractivity contribution in [3.8, 4) is 0 Å². The molecule has 4 N–H and O–H groups in total. The Kier molecular flexibility index (Phi) is 4.18. The Morgan fingerprint density at radius 3 is 2.41 bits per heavy atom. The molecule has 1 rings (SSSR count). The highest BCUT2D eigenvalue weighted by atomic mass is 16.2. The fourth-order valence-electron chi connectivity index (χ4n) is 1.07. The summed E-state index contributed by atoms with van der Waals surface area (Å²) in [6, 6.07) is 5.67. The van der Waals surface area contributed by atoms with E-state index in [1.54, 1.807) is 0 Å². The highest BCUT2D eigenvalue weighted by molar-refractivity contribution is 6.04. The zero-order valence-corrected chi connectivity index (χ0v) is 8.78. The van der Waals surface area contributed by atoms with Gasteiger partial charge in [0, 0.05) is 16.2 Å². The molecule has 0 atom stereocenters. The topological polar surface area (TPSA) is 138 Å². The maximum absolute atomic E-state index is 11.6. The third-order valence-corrected chi connectivity index (χ3v) is 1.94. The summed E-state index contributed by atoms with van der Waals surface area (Å²) in [6.45, 7) is -0.348. The van der Waals surface area contributed by atoms with Gasteiger partial charge in [0.15, 0.2) is 0 Å². The molecule has 8 heteroatoms.